The van der Waals surface area contributed by atoms with Crippen molar-refractivity contribution in [3.63, 3.8) is 0 Å². The van der Waals surface area contributed by atoms with Crippen LogP contribution in [0.2, 0.25) is 0 Å². The van der Waals surface area contributed by atoms with Crippen molar-refractivity contribution in [2.45, 2.75) is 25.7 Å². The lowest BCUT2D eigenvalue weighted by Crippen LogP contribution is -2.33. The molecule has 0 saturated carbocycles. The molecule has 0 aromatic heterocycles. The highest BCUT2D eigenvalue weighted by molar-refractivity contribution is 14.0. The van der Waals surface area contributed by atoms with E-state index in [9.17, 15) is 0 Å². The fourth-order valence-corrected chi connectivity index (χ4v) is 2.16. The second-order valence-corrected chi connectivity index (χ2v) is 5.19. The third-order valence-corrected chi connectivity index (χ3v) is 3.46. The van der Waals surface area contributed by atoms with Gasteiger partial charge in [0.2, 0.25) is 0 Å². The molecule has 7 heteroatoms. The van der Waals surface area contributed by atoms with E-state index in [4.69, 9.17) is 19.9 Å². The van der Waals surface area contributed by atoms with Crippen LogP contribution in [-0.4, -0.2) is 47.0 Å². The molecule has 6 nitrogen and oxygen atoms in total. The SMILES string of the molecule is COCCCCCN=C(N)NCCc1ccc(OC)c(OC)c1.I. The van der Waals surface area contributed by atoms with E-state index >= 15 is 0 Å². The topological polar surface area (TPSA) is 78.1 Å². The number of guanidine groups is 1. The predicted octanol–water partition coefficient (Wildman–Crippen LogP) is 2.59. The molecule has 0 aliphatic rings. The van der Waals surface area contributed by atoms with Crippen molar-refractivity contribution in [1.82, 2.24) is 5.32 Å². The Morgan fingerprint density at radius 1 is 1.08 bits per heavy atom. The summed E-state index contributed by atoms with van der Waals surface area (Å²) >= 11 is 0. The molecular weight excluding hydrogens is 421 g/mol. The largest absolute Gasteiger partial charge is 0.493 e. The van der Waals surface area contributed by atoms with E-state index in [1.165, 1.54) is 0 Å². The number of benzene rings is 1. The zero-order valence-electron chi connectivity index (χ0n) is 14.8. The van der Waals surface area contributed by atoms with Gasteiger partial charge in [0.05, 0.1) is 14.2 Å². The van der Waals surface area contributed by atoms with Gasteiger partial charge in [-0.15, -0.1) is 24.0 Å². The Morgan fingerprint density at radius 2 is 1.83 bits per heavy atom. The van der Waals surface area contributed by atoms with Gasteiger partial charge in [-0.2, -0.15) is 0 Å². The van der Waals surface area contributed by atoms with Crippen molar-refractivity contribution in [2.75, 3.05) is 41.0 Å². The number of methoxy groups -OCH3 is 3. The summed E-state index contributed by atoms with van der Waals surface area (Å²) in [5.41, 5.74) is 7.01. The minimum absolute atomic E-state index is 0. The van der Waals surface area contributed by atoms with Crippen LogP contribution in [0.1, 0.15) is 24.8 Å². The van der Waals surface area contributed by atoms with E-state index in [1.54, 1.807) is 21.3 Å². The standard InChI is InChI=1S/C17H29N3O3.HI/c1-21-12-6-4-5-10-19-17(18)20-11-9-14-7-8-15(22-2)16(13-14)23-3;/h7-8,13H,4-6,9-12H2,1-3H3,(H3,18,19,20);1H. The van der Waals surface area contributed by atoms with Crippen molar-refractivity contribution in [2.24, 2.45) is 10.7 Å². The van der Waals surface area contributed by atoms with Crippen LogP contribution < -0.4 is 20.5 Å². The first-order valence-electron chi connectivity index (χ1n) is 7.95. The number of rotatable bonds is 11. The third kappa shape index (κ3) is 9.17. The summed E-state index contributed by atoms with van der Waals surface area (Å²) in [7, 11) is 4.99. The fraction of sp³-hybridized carbons (Fsp3) is 0.588. The molecule has 0 fully saturated rings. The molecule has 0 aliphatic heterocycles. The van der Waals surface area contributed by atoms with Crippen molar-refractivity contribution < 1.29 is 14.2 Å². The smallest absolute Gasteiger partial charge is 0.188 e. The molecule has 24 heavy (non-hydrogen) atoms. The summed E-state index contributed by atoms with van der Waals surface area (Å²) in [5.74, 6) is 1.97. The monoisotopic (exact) mass is 451 g/mol. The highest BCUT2D eigenvalue weighted by Crippen LogP contribution is 2.27. The van der Waals surface area contributed by atoms with E-state index in [0.717, 1.165) is 62.4 Å². The number of halogens is 1. The van der Waals surface area contributed by atoms with E-state index in [1.807, 2.05) is 18.2 Å². The van der Waals surface area contributed by atoms with Crippen LogP contribution in [0.4, 0.5) is 0 Å². The second kappa shape index (κ2) is 14.2. The van der Waals surface area contributed by atoms with Gasteiger partial charge in [0.25, 0.3) is 0 Å². The molecule has 1 aromatic rings. The van der Waals surface area contributed by atoms with Crippen LogP contribution in [-0.2, 0) is 11.2 Å². The van der Waals surface area contributed by atoms with Gasteiger partial charge < -0.3 is 25.3 Å². The van der Waals surface area contributed by atoms with Crippen molar-refractivity contribution in [3.8, 4) is 11.5 Å². The molecule has 3 N–H and O–H groups in total. The summed E-state index contributed by atoms with van der Waals surface area (Å²) in [6.07, 6.45) is 4.04. The number of nitrogens with zero attached hydrogens (tertiary/aromatic N) is 1. The molecule has 1 rings (SSSR count). The lowest BCUT2D eigenvalue weighted by atomic mass is 10.1. The van der Waals surface area contributed by atoms with Gasteiger partial charge in [-0.05, 0) is 43.4 Å². The van der Waals surface area contributed by atoms with Crippen LogP contribution in [0.3, 0.4) is 0 Å². The molecule has 0 heterocycles. The lowest BCUT2D eigenvalue weighted by Gasteiger charge is -2.10. The first-order chi connectivity index (χ1) is 11.2. The number of nitrogens with two attached hydrogens (primary N) is 1. The maximum absolute atomic E-state index is 5.85. The minimum atomic E-state index is 0. The molecule has 0 unspecified atom stereocenters. The first-order valence-corrected chi connectivity index (χ1v) is 7.95. The molecule has 0 atom stereocenters. The first kappa shape index (κ1) is 22.8. The zero-order chi connectivity index (χ0) is 16.9. The van der Waals surface area contributed by atoms with Gasteiger partial charge in [-0.3, -0.25) is 4.99 Å². The molecular formula is C17H30IN3O3. The van der Waals surface area contributed by atoms with Crippen LogP contribution in [0.5, 0.6) is 11.5 Å². The van der Waals surface area contributed by atoms with Gasteiger partial charge in [-0.25, -0.2) is 0 Å². The van der Waals surface area contributed by atoms with Gasteiger partial charge in [0.1, 0.15) is 0 Å². The Bertz CT molecular complexity index is 484. The maximum atomic E-state index is 5.85. The number of hydrogen-bond donors (Lipinski definition) is 2. The van der Waals surface area contributed by atoms with E-state index in [0.29, 0.717) is 5.96 Å². The van der Waals surface area contributed by atoms with Gasteiger partial charge >= 0.3 is 0 Å². The van der Waals surface area contributed by atoms with Gasteiger partial charge in [-0.1, -0.05) is 6.07 Å². The number of aliphatic imine (C=N–C) groups is 1. The molecule has 0 saturated heterocycles. The minimum Gasteiger partial charge on any atom is -0.493 e. The quantitative estimate of drug-likeness (QED) is 0.234. The van der Waals surface area contributed by atoms with Crippen molar-refractivity contribution in [3.05, 3.63) is 23.8 Å². The second-order valence-electron chi connectivity index (χ2n) is 5.19. The molecule has 0 spiro atoms. The van der Waals surface area contributed by atoms with E-state index in [2.05, 4.69) is 10.3 Å². The molecule has 0 bridgehead atoms. The number of ether oxygens (including phenoxy) is 3. The summed E-state index contributed by atoms with van der Waals surface area (Å²) < 4.78 is 15.5. The van der Waals surface area contributed by atoms with Gasteiger partial charge in [0.15, 0.2) is 17.5 Å². The average Bonchev–Trinajstić information content (AvgIpc) is 2.57. The van der Waals surface area contributed by atoms with Gasteiger partial charge in [0, 0.05) is 26.8 Å². The van der Waals surface area contributed by atoms with Crippen LogP contribution in [0.15, 0.2) is 23.2 Å². The Kier molecular flexibility index (Phi) is 13.4. The Labute approximate surface area is 162 Å². The van der Waals surface area contributed by atoms with E-state index < -0.39 is 0 Å². The van der Waals surface area contributed by atoms with Crippen LogP contribution in [0, 0.1) is 0 Å². The molecule has 0 amide bonds. The van der Waals surface area contributed by atoms with E-state index in [-0.39, 0.29) is 24.0 Å². The normalized spacial score (nSPS) is 10.9. The molecule has 0 radical (unpaired) electrons. The van der Waals surface area contributed by atoms with Crippen molar-refractivity contribution >= 4 is 29.9 Å². The predicted molar refractivity (Wildman–Crippen MR) is 109 cm³/mol. The highest BCUT2D eigenvalue weighted by Gasteiger charge is 2.04. The molecule has 1 aromatic carbocycles. The highest BCUT2D eigenvalue weighted by atomic mass is 127. The summed E-state index contributed by atoms with van der Waals surface area (Å²) in [6.45, 7) is 2.29. The summed E-state index contributed by atoms with van der Waals surface area (Å²) in [5, 5.41) is 3.13. The number of hydrogen-bond acceptors (Lipinski definition) is 4. The Hall–Kier alpha value is -1.22. The van der Waals surface area contributed by atoms with Crippen LogP contribution >= 0.6 is 24.0 Å². The number of unbranched alkanes of at least 4 members (excludes halogenated alkanes) is 2. The average molecular weight is 451 g/mol. The Morgan fingerprint density at radius 3 is 2.50 bits per heavy atom. The third-order valence-electron chi connectivity index (χ3n) is 3.46. The fourth-order valence-electron chi connectivity index (χ4n) is 2.16. The Balaban J connectivity index is 0.00000529. The van der Waals surface area contributed by atoms with Crippen LogP contribution in [0.25, 0.3) is 0 Å². The lowest BCUT2D eigenvalue weighted by molar-refractivity contribution is 0.192. The number of nitrogens with one attached hydrogen (secondary N) is 1. The van der Waals surface area contributed by atoms with Crippen molar-refractivity contribution in [1.29, 1.82) is 0 Å². The summed E-state index contributed by atoms with van der Waals surface area (Å²) in [4.78, 5) is 4.31. The zero-order valence-corrected chi connectivity index (χ0v) is 17.2. The maximum Gasteiger partial charge on any atom is 0.188 e. The molecule has 0 aliphatic carbocycles. The molecule has 138 valence electrons. The summed E-state index contributed by atoms with van der Waals surface area (Å²) in [6, 6.07) is 5.90.